The van der Waals surface area contributed by atoms with Crippen LogP contribution in [-0.2, 0) is 26.2 Å². The molecule has 0 aromatic heterocycles. The van der Waals surface area contributed by atoms with Crippen LogP contribution in [0.25, 0.3) is 0 Å². The zero-order chi connectivity index (χ0) is 30.4. The summed E-state index contributed by atoms with van der Waals surface area (Å²) in [5, 5.41) is 2.98. The van der Waals surface area contributed by atoms with E-state index in [1.165, 1.54) is 17.0 Å². The highest BCUT2D eigenvalue weighted by Crippen LogP contribution is 2.26. The molecule has 220 valence electrons. The van der Waals surface area contributed by atoms with Gasteiger partial charge in [0.1, 0.15) is 18.3 Å². The van der Waals surface area contributed by atoms with Gasteiger partial charge in [0.25, 0.3) is 10.0 Å². The van der Waals surface area contributed by atoms with Gasteiger partial charge in [-0.3, -0.25) is 13.9 Å². The van der Waals surface area contributed by atoms with Crippen molar-refractivity contribution < 1.29 is 22.7 Å². The summed E-state index contributed by atoms with van der Waals surface area (Å²) in [6.45, 7) is 10.8. The minimum Gasteiger partial charge on any atom is -0.497 e. The van der Waals surface area contributed by atoms with Crippen molar-refractivity contribution in [1.82, 2.24) is 10.2 Å². The van der Waals surface area contributed by atoms with Gasteiger partial charge < -0.3 is 15.0 Å². The van der Waals surface area contributed by atoms with Crippen LogP contribution in [0.5, 0.6) is 5.75 Å². The predicted molar refractivity (Wildman–Crippen MR) is 162 cm³/mol. The second kappa shape index (κ2) is 13.2. The number of nitrogens with zero attached hydrogens (tertiary/aromatic N) is 2. The highest BCUT2D eigenvalue weighted by atomic mass is 32.2. The summed E-state index contributed by atoms with van der Waals surface area (Å²) >= 11 is 0. The molecule has 0 bridgehead atoms. The maximum Gasteiger partial charge on any atom is 0.264 e. The maximum atomic E-state index is 14.2. The van der Waals surface area contributed by atoms with Crippen molar-refractivity contribution in [3.63, 3.8) is 0 Å². The second-order valence-electron chi connectivity index (χ2n) is 11.2. The number of benzene rings is 3. The van der Waals surface area contributed by atoms with Gasteiger partial charge in [0.2, 0.25) is 11.8 Å². The number of ether oxygens (including phenoxy) is 1. The Bertz CT molecular complexity index is 1450. The molecule has 0 aliphatic carbocycles. The van der Waals surface area contributed by atoms with Gasteiger partial charge in [-0.05, 0) is 83.0 Å². The Kier molecular flexibility index (Phi) is 10.2. The molecule has 0 radical (unpaired) electrons. The van der Waals surface area contributed by atoms with Crippen LogP contribution in [0.2, 0.25) is 0 Å². The van der Waals surface area contributed by atoms with E-state index in [2.05, 4.69) is 5.32 Å². The van der Waals surface area contributed by atoms with Gasteiger partial charge in [0, 0.05) is 12.1 Å². The third-order valence-corrected chi connectivity index (χ3v) is 8.37. The van der Waals surface area contributed by atoms with Crippen LogP contribution in [0.15, 0.2) is 77.7 Å². The molecule has 8 nitrogen and oxygen atoms in total. The van der Waals surface area contributed by atoms with E-state index < -0.39 is 34.1 Å². The zero-order valence-corrected chi connectivity index (χ0v) is 25.8. The molecule has 0 fully saturated rings. The van der Waals surface area contributed by atoms with Crippen molar-refractivity contribution in [2.45, 2.75) is 71.0 Å². The van der Waals surface area contributed by atoms with Gasteiger partial charge in [0.05, 0.1) is 17.7 Å². The summed E-state index contributed by atoms with van der Waals surface area (Å²) in [4.78, 5) is 29.1. The lowest BCUT2D eigenvalue weighted by Gasteiger charge is -2.34. The first kappa shape index (κ1) is 31.7. The maximum absolute atomic E-state index is 14.2. The summed E-state index contributed by atoms with van der Waals surface area (Å²) in [6.07, 6.45) is 0.340. The minimum absolute atomic E-state index is 0.0772. The van der Waals surface area contributed by atoms with E-state index in [1.54, 1.807) is 55.6 Å². The highest BCUT2D eigenvalue weighted by Gasteiger charge is 2.34. The van der Waals surface area contributed by atoms with Crippen molar-refractivity contribution in [2.75, 3.05) is 18.0 Å². The molecule has 1 atom stereocenters. The summed E-state index contributed by atoms with van der Waals surface area (Å²) in [5.41, 5.74) is 2.47. The van der Waals surface area contributed by atoms with Crippen LogP contribution in [0.3, 0.4) is 0 Å². The molecule has 0 heterocycles. The fourth-order valence-electron chi connectivity index (χ4n) is 4.42. The van der Waals surface area contributed by atoms with Gasteiger partial charge in [-0.2, -0.15) is 0 Å². The number of hydrogen-bond donors (Lipinski definition) is 1. The third kappa shape index (κ3) is 8.33. The Morgan fingerprint density at radius 1 is 0.927 bits per heavy atom. The van der Waals surface area contributed by atoms with Gasteiger partial charge >= 0.3 is 0 Å². The molecule has 41 heavy (non-hydrogen) atoms. The molecule has 0 spiro atoms. The molecule has 3 aromatic carbocycles. The summed E-state index contributed by atoms with van der Waals surface area (Å²) in [6, 6.07) is 19.9. The van der Waals surface area contributed by atoms with E-state index in [0.29, 0.717) is 17.9 Å². The Labute approximate surface area is 244 Å². The number of carbonyl (C=O) groups excluding carboxylic acids is 2. The molecule has 0 aliphatic rings. The molecule has 1 N–H and O–H groups in total. The Balaban J connectivity index is 2.07. The van der Waals surface area contributed by atoms with Gasteiger partial charge in [-0.25, -0.2) is 8.42 Å². The van der Waals surface area contributed by atoms with E-state index in [0.717, 1.165) is 21.0 Å². The molecule has 0 saturated heterocycles. The number of anilines is 1. The predicted octanol–water partition coefficient (Wildman–Crippen LogP) is 5.23. The molecule has 9 heteroatoms. The number of carbonyl (C=O) groups is 2. The van der Waals surface area contributed by atoms with Crippen molar-refractivity contribution in [1.29, 1.82) is 0 Å². The van der Waals surface area contributed by atoms with Crippen LogP contribution < -0.4 is 14.4 Å². The normalized spacial score (nSPS) is 12.4. The summed E-state index contributed by atoms with van der Waals surface area (Å²) in [7, 11) is -2.55. The molecule has 3 aromatic rings. The number of hydrogen-bond acceptors (Lipinski definition) is 5. The van der Waals surface area contributed by atoms with Crippen molar-refractivity contribution in [3.05, 3.63) is 89.5 Å². The largest absolute Gasteiger partial charge is 0.497 e. The first-order valence-corrected chi connectivity index (χ1v) is 15.1. The lowest BCUT2D eigenvalue weighted by atomic mass is 10.1. The lowest BCUT2D eigenvalue weighted by molar-refractivity contribution is -0.141. The smallest absolute Gasteiger partial charge is 0.264 e. The average Bonchev–Trinajstić information content (AvgIpc) is 2.91. The molecular formula is C32H41N3O5S. The summed E-state index contributed by atoms with van der Waals surface area (Å²) in [5.74, 6) is -0.190. The first-order chi connectivity index (χ1) is 19.2. The molecule has 0 saturated carbocycles. The average molecular weight is 580 g/mol. The second-order valence-corrected chi connectivity index (χ2v) is 13.1. The van der Waals surface area contributed by atoms with E-state index in [1.807, 2.05) is 53.7 Å². The first-order valence-electron chi connectivity index (χ1n) is 13.7. The highest BCUT2D eigenvalue weighted by molar-refractivity contribution is 7.92. The standard InChI is InChI=1S/C32H41N3O5S/c1-8-29(31(37)33-32(4,5)6)34(21-25-10-9-11-27(20-25)40-7)30(36)22-35(26-16-12-23(2)13-17-26)41(38,39)28-18-14-24(3)15-19-28/h9-20,29H,8,21-22H2,1-7H3,(H,33,37). The van der Waals surface area contributed by atoms with Gasteiger partial charge in [-0.15, -0.1) is 0 Å². The number of methoxy groups -OCH3 is 1. The lowest BCUT2D eigenvalue weighted by Crippen LogP contribution is -2.55. The van der Waals surface area contributed by atoms with Crippen LogP contribution >= 0.6 is 0 Å². The number of amides is 2. The Morgan fingerprint density at radius 3 is 2.05 bits per heavy atom. The molecule has 2 amide bonds. The monoisotopic (exact) mass is 579 g/mol. The summed E-state index contributed by atoms with van der Waals surface area (Å²) < 4.78 is 34.4. The van der Waals surface area contributed by atoms with E-state index in [-0.39, 0.29) is 17.3 Å². The van der Waals surface area contributed by atoms with Crippen molar-refractivity contribution in [3.8, 4) is 5.75 Å². The van der Waals surface area contributed by atoms with Crippen LogP contribution in [0.4, 0.5) is 5.69 Å². The fraction of sp³-hybridized carbons (Fsp3) is 0.375. The Hall–Kier alpha value is -3.85. The Morgan fingerprint density at radius 2 is 1.51 bits per heavy atom. The molecule has 0 aliphatic heterocycles. The van der Waals surface area contributed by atoms with Crippen LogP contribution in [0, 0.1) is 13.8 Å². The minimum atomic E-state index is -4.11. The van der Waals surface area contributed by atoms with Gasteiger partial charge in [0.15, 0.2) is 0 Å². The van der Waals surface area contributed by atoms with Crippen LogP contribution in [-0.4, -0.2) is 50.4 Å². The molecular weight excluding hydrogens is 538 g/mol. The van der Waals surface area contributed by atoms with Crippen LogP contribution in [0.1, 0.15) is 50.8 Å². The quantitative estimate of drug-likeness (QED) is 0.336. The van der Waals surface area contributed by atoms with E-state index in [9.17, 15) is 18.0 Å². The topological polar surface area (TPSA) is 96.0 Å². The van der Waals surface area contributed by atoms with E-state index >= 15 is 0 Å². The zero-order valence-electron chi connectivity index (χ0n) is 25.0. The molecule has 3 rings (SSSR count). The number of sulfonamides is 1. The van der Waals surface area contributed by atoms with Crippen molar-refractivity contribution >= 4 is 27.5 Å². The third-order valence-electron chi connectivity index (χ3n) is 6.58. The fourth-order valence-corrected chi connectivity index (χ4v) is 5.83. The number of aryl methyl sites for hydroxylation is 2. The number of rotatable bonds is 11. The number of nitrogens with one attached hydrogen (secondary N) is 1. The van der Waals surface area contributed by atoms with Gasteiger partial charge in [-0.1, -0.05) is 54.4 Å². The van der Waals surface area contributed by atoms with Crippen molar-refractivity contribution in [2.24, 2.45) is 0 Å². The molecule has 1 unspecified atom stereocenters. The van der Waals surface area contributed by atoms with E-state index in [4.69, 9.17) is 4.74 Å². The SMILES string of the molecule is CCC(C(=O)NC(C)(C)C)N(Cc1cccc(OC)c1)C(=O)CN(c1ccc(C)cc1)S(=O)(=O)c1ccc(C)cc1.